The Labute approximate surface area is 168 Å². The van der Waals surface area contributed by atoms with Crippen LogP contribution in [0.25, 0.3) is 0 Å². The molecule has 3 rings (SSSR count). The molecule has 2 aromatic rings. The van der Waals surface area contributed by atoms with Crippen LogP contribution in [0.3, 0.4) is 0 Å². The average molecular weight is 406 g/mol. The number of hydrogen-bond donors (Lipinski definition) is 2. The molecular formula is C21H25F3N4O. The third-order valence-corrected chi connectivity index (χ3v) is 5.31. The Morgan fingerprint density at radius 3 is 2.48 bits per heavy atom. The Hall–Kier alpha value is -2.64. The second-order valence-electron chi connectivity index (χ2n) is 7.68. The molecule has 1 amide bonds. The van der Waals surface area contributed by atoms with Gasteiger partial charge in [0.05, 0.1) is 16.8 Å². The summed E-state index contributed by atoms with van der Waals surface area (Å²) in [6, 6.07) is 2.89. The van der Waals surface area contributed by atoms with Crippen molar-refractivity contribution < 1.29 is 18.0 Å². The standard InChI is InChI=1S/C21H25F3N4O/c1-13-7-18(12-25-9-13)27-10-15-3-5-17(6-4-15)28-20(29)19-8-16(21(22,23)24)11-26-14(19)2/h7-9,11-12,15,17,27H,3-6,10H2,1-2H3,(H,28,29)/t15-,17-. The molecule has 0 atom stereocenters. The van der Waals surface area contributed by atoms with Gasteiger partial charge in [-0.2, -0.15) is 13.2 Å². The Balaban J connectivity index is 1.51. The second kappa shape index (κ2) is 8.80. The van der Waals surface area contributed by atoms with Gasteiger partial charge in [-0.15, -0.1) is 0 Å². The zero-order valence-corrected chi connectivity index (χ0v) is 16.5. The maximum atomic E-state index is 12.9. The first kappa shape index (κ1) is 21.1. The summed E-state index contributed by atoms with van der Waals surface area (Å²) in [5, 5.41) is 6.28. The Morgan fingerprint density at radius 1 is 1.10 bits per heavy atom. The normalized spacial score (nSPS) is 19.6. The first-order valence-electron chi connectivity index (χ1n) is 9.72. The van der Waals surface area contributed by atoms with E-state index in [4.69, 9.17) is 0 Å². The maximum absolute atomic E-state index is 12.9. The molecule has 0 aromatic carbocycles. The minimum absolute atomic E-state index is 0.0180. The summed E-state index contributed by atoms with van der Waals surface area (Å²) in [6.07, 6.45) is 3.33. The van der Waals surface area contributed by atoms with E-state index in [1.807, 2.05) is 13.0 Å². The third kappa shape index (κ3) is 5.68. The topological polar surface area (TPSA) is 66.9 Å². The summed E-state index contributed by atoms with van der Waals surface area (Å²) in [7, 11) is 0. The van der Waals surface area contributed by atoms with Crippen molar-refractivity contribution in [2.45, 2.75) is 51.7 Å². The van der Waals surface area contributed by atoms with Gasteiger partial charge >= 0.3 is 6.18 Å². The molecule has 2 N–H and O–H groups in total. The van der Waals surface area contributed by atoms with E-state index in [9.17, 15) is 18.0 Å². The summed E-state index contributed by atoms with van der Waals surface area (Å²) >= 11 is 0. The van der Waals surface area contributed by atoms with Gasteiger partial charge in [0, 0.05) is 36.9 Å². The average Bonchev–Trinajstić information content (AvgIpc) is 2.67. The fraction of sp³-hybridized carbons (Fsp3) is 0.476. The number of carbonyl (C=O) groups is 1. The lowest BCUT2D eigenvalue weighted by Crippen LogP contribution is -2.39. The van der Waals surface area contributed by atoms with Crippen LogP contribution in [0.5, 0.6) is 0 Å². The fourth-order valence-electron chi connectivity index (χ4n) is 3.61. The third-order valence-electron chi connectivity index (χ3n) is 5.31. The van der Waals surface area contributed by atoms with Crippen LogP contribution >= 0.6 is 0 Å². The number of halogens is 3. The van der Waals surface area contributed by atoms with Crippen LogP contribution in [0.4, 0.5) is 18.9 Å². The number of pyridine rings is 2. The molecule has 0 aliphatic heterocycles. The van der Waals surface area contributed by atoms with Crippen LogP contribution in [0, 0.1) is 19.8 Å². The van der Waals surface area contributed by atoms with Crippen molar-refractivity contribution in [2.75, 3.05) is 11.9 Å². The molecule has 156 valence electrons. The van der Waals surface area contributed by atoms with Crippen LogP contribution in [0.15, 0.2) is 30.7 Å². The number of aromatic nitrogens is 2. The van der Waals surface area contributed by atoms with E-state index in [1.165, 1.54) is 6.92 Å². The number of hydrogen-bond acceptors (Lipinski definition) is 4. The van der Waals surface area contributed by atoms with Gasteiger partial charge in [0.2, 0.25) is 0 Å². The summed E-state index contributed by atoms with van der Waals surface area (Å²) in [5.41, 5.74) is 1.46. The monoisotopic (exact) mass is 406 g/mol. The molecular weight excluding hydrogens is 381 g/mol. The lowest BCUT2D eigenvalue weighted by Gasteiger charge is -2.29. The number of carbonyl (C=O) groups excluding carboxylic acids is 1. The zero-order valence-electron chi connectivity index (χ0n) is 16.5. The Bertz CT molecular complexity index is 861. The van der Waals surface area contributed by atoms with Crippen LogP contribution in [0.2, 0.25) is 0 Å². The molecule has 0 bridgehead atoms. The van der Waals surface area contributed by atoms with Gasteiger partial charge in [-0.25, -0.2) is 0 Å². The van der Waals surface area contributed by atoms with Gasteiger partial charge in [-0.3, -0.25) is 14.8 Å². The Morgan fingerprint density at radius 2 is 1.83 bits per heavy atom. The molecule has 5 nitrogen and oxygen atoms in total. The maximum Gasteiger partial charge on any atom is 0.417 e. The highest BCUT2D eigenvalue weighted by Gasteiger charge is 2.32. The number of aryl methyl sites for hydroxylation is 2. The number of nitrogens with one attached hydrogen (secondary N) is 2. The molecule has 2 aromatic heterocycles. The van der Waals surface area contributed by atoms with Gasteiger partial charge in [0.25, 0.3) is 5.91 Å². The molecule has 2 heterocycles. The summed E-state index contributed by atoms with van der Waals surface area (Å²) < 4.78 is 38.7. The minimum Gasteiger partial charge on any atom is -0.384 e. The van der Waals surface area contributed by atoms with E-state index < -0.39 is 17.6 Å². The van der Waals surface area contributed by atoms with Crippen LogP contribution < -0.4 is 10.6 Å². The molecule has 1 fully saturated rings. The van der Waals surface area contributed by atoms with Crippen molar-refractivity contribution in [3.05, 3.63) is 53.1 Å². The van der Waals surface area contributed by atoms with Crippen LogP contribution in [-0.2, 0) is 6.18 Å². The molecule has 0 radical (unpaired) electrons. The SMILES string of the molecule is Cc1cncc(NC[C@H]2CC[C@H](NC(=O)c3cc(C(F)(F)F)cnc3C)CC2)c1. The number of nitrogens with zero attached hydrogens (tertiary/aromatic N) is 2. The van der Waals surface area contributed by atoms with Gasteiger partial charge < -0.3 is 10.6 Å². The lowest BCUT2D eigenvalue weighted by atomic mass is 9.86. The van der Waals surface area contributed by atoms with E-state index in [2.05, 4.69) is 20.6 Å². The smallest absolute Gasteiger partial charge is 0.384 e. The zero-order chi connectivity index (χ0) is 21.0. The lowest BCUT2D eigenvalue weighted by molar-refractivity contribution is -0.137. The van der Waals surface area contributed by atoms with Crippen molar-refractivity contribution in [2.24, 2.45) is 5.92 Å². The number of anilines is 1. The summed E-state index contributed by atoms with van der Waals surface area (Å²) in [4.78, 5) is 20.4. The van der Waals surface area contributed by atoms with E-state index >= 15 is 0 Å². The highest BCUT2D eigenvalue weighted by molar-refractivity contribution is 5.95. The van der Waals surface area contributed by atoms with E-state index in [1.54, 1.807) is 12.4 Å². The molecule has 29 heavy (non-hydrogen) atoms. The first-order valence-corrected chi connectivity index (χ1v) is 9.72. The van der Waals surface area contributed by atoms with Crippen LogP contribution in [0.1, 0.15) is 52.9 Å². The largest absolute Gasteiger partial charge is 0.417 e. The van der Waals surface area contributed by atoms with E-state index in [-0.39, 0.29) is 11.6 Å². The predicted molar refractivity (Wildman–Crippen MR) is 105 cm³/mol. The van der Waals surface area contributed by atoms with Crippen LogP contribution in [-0.4, -0.2) is 28.5 Å². The first-order chi connectivity index (χ1) is 13.7. The van der Waals surface area contributed by atoms with Gasteiger partial charge in [0.15, 0.2) is 0 Å². The highest BCUT2D eigenvalue weighted by atomic mass is 19.4. The minimum atomic E-state index is -4.52. The number of amides is 1. The van der Waals surface area contributed by atoms with Crippen molar-refractivity contribution in [3.63, 3.8) is 0 Å². The van der Waals surface area contributed by atoms with E-state index in [0.717, 1.165) is 55.7 Å². The quantitative estimate of drug-likeness (QED) is 0.767. The number of alkyl halides is 3. The predicted octanol–water partition coefficient (Wildman–Crippen LogP) is 4.51. The molecule has 1 aliphatic rings. The fourth-order valence-corrected chi connectivity index (χ4v) is 3.61. The molecule has 8 heteroatoms. The van der Waals surface area contributed by atoms with Crippen molar-refractivity contribution in [1.82, 2.24) is 15.3 Å². The number of rotatable bonds is 5. The summed E-state index contributed by atoms with van der Waals surface area (Å²) in [5.74, 6) is -0.00543. The second-order valence-corrected chi connectivity index (χ2v) is 7.68. The molecule has 1 saturated carbocycles. The van der Waals surface area contributed by atoms with Gasteiger partial charge in [-0.1, -0.05) is 0 Å². The van der Waals surface area contributed by atoms with Crippen molar-refractivity contribution in [1.29, 1.82) is 0 Å². The highest BCUT2D eigenvalue weighted by Crippen LogP contribution is 2.30. The van der Waals surface area contributed by atoms with Crippen molar-refractivity contribution in [3.8, 4) is 0 Å². The summed E-state index contributed by atoms with van der Waals surface area (Å²) in [6.45, 7) is 4.37. The molecule has 1 aliphatic carbocycles. The molecule has 0 spiro atoms. The van der Waals surface area contributed by atoms with Gasteiger partial charge in [-0.05, 0) is 63.1 Å². The molecule has 0 unspecified atom stereocenters. The Kier molecular flexibility index (Phi) is 6.39. The van der Waals surface area contributed by atoms with Gasteiger partial charge in [0.1, 0.15) is 0 Å². The van der Waals surface area contributed by atoms with E-state index in [0.29, 0.717) is 11.6 Å². The molecule has 0 saturated heterocycles. The van der Waals surface area contributed by atoms with Crippen molar-refractivity contribution >= 4 is 11.6 Å².